The van der Waals surface area contributed by atoms with Gasteiger partial charge in [-0.3, -0.25) is 4.79 Å². The van der Waals surface area contributed by atoms with E-state index >= 15 is 0 Å². The lowest BCUT2D eigenvalue weighted by molar-refractivity contribution is -0.131. The van der Waals surface area contributed by atoms with E-state index in [1.807, 2.05) is 23.1 Å². The second-order valence-corrected chi connectivity index (χ2v) is 4.97. The summed E-state index contributed by atoms with van der Waals surface area (Å²) in [6.07, 6.45) is 1.95. The monoisotopic (exact) mass is 287 g/mol. The van der Waals surface area contributed by atoms with Gasteiger partial charge in [-0.2, -0.15) is 4.98 Å². The summed E-state index contributed by atoms with van der Waals surface area (Å²) in [5.41, 5.74) is 0. The molecule has 7 nitrogen and oxygen atoms in total. The van der Waals surface area contributed by atoms with Crippen LogP contribution >= 0.6 is 0 Å². The average molecular weight is 287 g/mol. The fourth-order valence-electron chi connectivity index (χ4n) is 2.38. The molecule has 0 aromatic carbocycles. The molecule has 0 unspecified atom stereocenters. The molecule has 1 aliphatic rings. The minimum atomic E-state index is 0.0271. The van der Waals surface area contributed by atoms with Crippen molar-refractivity contribution >= 4 is 11.7 Å². The van der Waals surface area contributed by atoms with E-state index in [0.29, 0.717) is 24.8 Å². The molecule has 3 heterocycles. The molecule has 1 amide bonds. The highest BCUT2D eigenvalue weighted by molar-refractivity contribution is 5.78. The molecular formula is C14H17N5O2. The van der Waals surface area contributed by atoms with E-state index in [0.717, 1.165) is 18.9 Å². The summed E-state index contributed by atoms with van der Waals surface area (Å²) in [5, 5.41) is 3.69. The number of pyridine rings is 1. The summed E-state index contributed by atoms with van der Waals surface area (Å²) in [6.45, 7) is 4.67. The van der Waals surface area contributed by atoms with Gasteiger partial charge in [-0.15, -0.1) is 0 Å². The predicted octanol–water partition coefficient (Wildman–Crippen LogP) is 0.664. The fraction of sp³-hybridized carbons (Fsp3) is 0.429. The molecule has 3 rings (SSSR count). The lowest BCUT2D eigenvalue weighted by Crippen LogP contribution is -2.49. The van der Waals surface area contributed by atoms with Gasteiger partial charge in [0, 0.05) is 32.4 Å². The Bertz CT molecular complexity index is 605. The zero-order chi connectivity index (χ0) is 14.7. The second kappa shape index (κ2) is 5.90. The van der Waals surface area contributed by atoms with E-state index in [1.54, 1.807) is 13.1 Å². The smallest absolute Gasteiger partial charge is 0.236 e. The number of aryl methyl sites for hydroxylation is 1. The number of piperazine rings is 1. The average Bonchev–Trinajstić information content (AvgIpc) is 2.93. The molecular weight excluding hydrogens is 270 g/mol. The number of carbonyl (C=O) groups excluding carboxylic acids is 1. The van der Waals surface area contributed by atoms with Gasteiger partial charge >= 0.3 is 0 Å². The maximum Gasteiger partial charge on any atom is 0.236 e. The fourth-order valence-corrected chi connectivity index (χ4v) is 2.38. The van der Waals surface area contributed by atoms with Crippen LogP contribution in [-0.2, 0) is 11.2 Å². The van der Waals surface area contributed by atoms with Crippen LogP contribution in [0.3, 0.4) is 0 Å². The van der Waals surface area contributed by atoms with Crippen molar-refractivity contribution in [3.05, 3.63) is 36.1 Å². The summed E-state index contributed by atoms with van der Waals surface area (Å²) in [6, 6.07) is 5.85. The van der Waals surface area contributed by atoms with Gasteiger partial charge in [0.25, 0.3) is 0 Å². The van der Waals surface area contributed by atoms with Gasteiger partial charge < -0.3 is 14.3 Å². The van der Waals surface area contributed by atoms with Crippen molar-refractivity contribution in [3.63, 3.8) is 0 Å². The Hall–Kier alpha value is -2.44. The van der Waals surface area contributed by atoms with Crippen molar-refractivity contribution in [3.8, 4) is 0 Å². The molecule has 0 saturated carbocycles. The predicted molar refractivity (Wildman–Crippen MR) is 75.8 cm³/mol. The number of rotatable bonds is 3. The number of hydrogen-bond donors (Lipinski definition) is 0. The van der Waals surface area contributed by atoms with Gasteiger partial charge in [0.1, 0.15) is 12.2 Å². The van der Waals surface area contributed by atoms with Crippen molar-refractivity contribution < 1.29 is 9.32 Å². The molecule has 0 atom stereocenters. The normalized spacial score (nSPS) is 15.3. The first-order chi connectivity index (χ1) is 10.2. The molecule has 0 radical (unpaired) electrons. The SMILES string of the molecule is Cc1noc(CC(=O)N2CCN(c3ccccn3)CC2)n1. The molecule has 0 bridgehead atoms. The molecule has 1 saturated heterocycles. The van der Waals surface area contributed by atoms with Crippen molar-refractivity contribution in [2.45, 2.75) is 13.3 Å². The largest absolute Gasteiger partial charge is 0.353 e. The highest BCUT2D eigenvalue weighted by Crippen LogP contribution is 2.13. The van der Waals surface area contributed by atoms with Crippen molar-refractivity contribution in [1.82, 2.24) is 20.0 Å². The van der Waals surface area contributed by atoms with Gasteiger partial charge in [0.2, 0.25) is 11.8 Å². The number of amides is 1. The zero-order valence-corrected chi connectivity index (χ0v) is 11.9. The van der Waals surface area contributed by atoms with Gasteiger partial charge in [0.05, 0.1) is 0 Å². The minimum Gasteiger partial charge on any atom is -0.353 e. The lowest BCUT2D eigenvalue weighted by Gasteiger charge is -2.35. The van der Waals surface area contributed by atoms with Crippen LogP contribution < -0.4 is 4.90 Å². The van der Waals surface area contributed by atoms with Crippen LogP contribution in [0.5, 0.6) is 0 Å². The molecule has 110 valence electrons. The summed E-state index contributed by atoms with van der Waals surface area (Å²) >= 11 is 0. The topological polar surface area (TPSA) is 75.4 Å². The third-order valence-electron chi connectivity index (χ3n) is 3.48. The van der Waals surface area contributed by atoms with Gasteiger partial charge in [-0.1, -0.05) is 11.2 Å². The van der Waals surface area contributed by atoms with Crippen LogP contribution in [0.25, 0.3) is 0 Å². The second-order valence-electron chi connectivity index (χ2n) is 4.97. The molecule has 21 heavy (non-hydrogen) atoms. The van der Waals surface area contributed by atoms with Gasteiger partial charge in [-0.25, -0.2) is 4.98 Å². The first-order valence-corrected chi connectivity index (χ1v) is 6.95. The summed E-state index contributed by atoms with van der Waals surface area (Å²) in [4.78, 5) is 24.6. The first-order valence-electron chi connectivity index (χ1n) is 6.95. The molecule has 1 fully saturated rings. The molecule has 2 aromatic heterocycles. The number of carbonyl (C=O) groups is 1. The summed E-state index contributed by atoms with van der Waals surface area (Å²) in [7, 11) is 0. The summed E-state index contributed by atoms with van der Waals surface area (Å²) in [5.74, 6) is 1.92. The molecule has 7 heteroatoms. The minimum absolute atomic E-state index is 0.0271. The van der Waals surface area contributed by atoms with E-state index in [4.69, 9.17) is 4.52 Å². The van der Waals surface area contributed by atoms with E-state index in [1.165, 1.54) is 0 Å². The molecule has 0 aliphatic carbocycles. The van der Waals surface area contributed by atoms with Crippen molar-refractivity contribution in [2.24, 2.45) is 0 Å². The quantitative estimate of drug-likeness (QED) is 0.825. The van der Waals surface area contributed by atoms with Crippen molar-refractivity contribution in [1.29, 1.82) is 0 Å². The van der Waals surface area contributed by atoms with E-state index in [2.05, 4.69) is 20.0 Å². The number of hydrogen-bond acceptors (Lipinski definition) is 6. The van der Waals surface area contributed by atoms with Gasteiger partial charge in [0.15, 0.2) is 5.82 Å². The van der Waals surface area contributed by atoms with Crippen molar-refractivity contribution in [2.75, 3.05) is 31.1 Å². The Kier molecular flexibility index (Phi) is 3.81. The Morgan fingerprint density at radius 1 is 1.29 bits per heavy atom. The van der Waals surface area contributed by atoms with Crippen LogP contribution in [0.15, 0.2) is 28.9 Å². The van der Waals surface area contributed by atoms with E-state index in [-0.39, 0.29) is 12.3 Å². The molecule has 0 N–H and O–H groups in total. The van der Waals surface area contributed by atoms with Crippen LogP contribution in [0.2, 0.25) is 0 Å². The Balaban J connectivity index is 1.54. The molecule has 2 aromatic rings. The number of anilines is 1. The summed E-state index contributed by atoms with van der Waals surface area (Å²) < 4.78 is 4.99. The maximum absolute atomic E-state index is 12.2. The van der Waals surface area contributed by atoms with E-state index in [9.17, 15) is 4.79 Å². The molecule has 0 spiro atoms. The maximum atomic E-state index is 12.2. The Morgan fingerprint density at radius 3 is 2.71 bits per heavy atom. The highest BCUT2D eigenvalue weighted by Gasteiger charge is 2.23. The Labute approximate surface area is 122 Å². The van der Waals surface area contributed by atoms with E-state index < -0.39 is 0 Å². The van der Waals surface area contributed by atoms with Crippen LogP contribution in [0, 0.1) is 6.92 Å². The molecule has 1 aliphatic heterocycles. The Morgan fingerprint density at radius 2 is 2.10 bits per heavy atom. The third-order valence-corrected chi connectivity index (χ3v) is 3.48. The van der Waals surface area contributed by atoms with Crippen LogP contribution in [0.4, 0.5) is 5.82 Å². The zero-order valence-electron chi connectivity index (χ0n) is 11.9. The third kappa shape index (κ3) is 3.18. The number of nitrogens with zero attached hydrogens (tertiary/aromatic N) is 5. The lowest BCUT2D eigenvalue weighted by atomic mass is 10.2. The van der Waals surface area contributed by atoms with Crippen LogP contribution in [0.1, 0.15) is 11.7 Å². The van der Waals surface area contributed by atoms with Gasteiger partial charge in [-0.05, 0) is 19.1 Å². The standard InChI is InChI=1S/C14H17N5O2/c1-11-16-13(21-17-11)10-14(20)19-8-6-18(7-9-19)12-4-2-3-5-15-12/h2-5H,6-10H2,1H3. The van der Waals surface area contributed by atoms with Crippen LogP contribution in [-0.4, -0.2) is 52.1 Å². The number of aromatic nitrogens is 3. The first kappa shape index (κ1) is 13.5. The highest BCUT2D eigenvalue weighted by atomic mass is 16.5.